The van der Waals surface area contributed by atoms with E-state index in [1.165, 1.54) is 23.3 Å². The van der Waals surface area contributed by atoms with Crippen LogP contribution in [0.25, 0.3) is 0 Å². The first-order chi connectivity index (χ1) is 8.54. The highest BCUT2D eigenvalue weighted by atomic mass is 32.1. The summed E-state index contributed by atoms with van der Waals surface area (Å²) < 4.78 is 4.82. The minimum atomic E-state index is -0.339. The Balaban J connectivity index is 2.77. The number of carbonyl (C=O) groups is 2. The molecule has 0 atom stereocenters. The second kappa shape index (κ2) is 6.90. The Hall–Kier alpha value is -1.69. The second-order valence-electron chi connectivity index (χ2n) is 3.60. The number of hydrogen-bond acceptors (Lipinski definition) is 5. The molecule has 1 aromatic heterocycles. The molecule has 0 aliphatic carbocycles. The maximum absolute atomic E-state index is 11.5. The maximum atomic E-state index is 11.5. The van der Waals surface area contributed by atoms with Crippen molar-refractivity contribution in [2.24, 2.45) is 5.10 Å². The summed E-state index contributed by atoms with van der Waals surface area (Å²) in [6, 6.07) is 3.64. The number of esters is 1. The smallest absolute Gasteiger partial charge is 0.311 e. The van der Waals surface area contributed by atoms with Crippen LogP contribution in [0.3, 0.4) is 0 Å². The van der Waals surface area contributed by atoms with E-state index in [-0.39, 0.29) is 18.3 Å². The van der Waals surface area contributed by atoms with E-state index in [1.807, 2.05) is 11.4 Å². The molecule has 1 aromatic rings. The number of amides is 1. The molecule has 98 valence electrons. The summed E-state index contributed by atoms with van der Waals surface area (Å²) in [5.41, 5.74) is 0.539. The van der Waals surface area contributed by atoms with Crippen LogP contribution >= 0.6 is 11.3 Å². The van der Waals surface area contributed by atoms with Crippen molar-refractivity contribution in [2.75, 3.05) is 11.6 Å². The van der Waals surface area contributed by atoms with Gasteiger partial charge in [-0.25, -0.2) is 0 Å². The standard InChI is InChI=1S/C12H16N2O3S/c1-4-17-12(16)8-9(2)13-14(10(3)15)11-6-5-7-18-11/h5-7H,4,8H2,1-3H3/b13-9+. The first kappa shape index (κ1) is 14.4. The zero-order valence-corrected chi connectivity index (χ0v) is 11.5. The van der Waals surface area contributed by atoms with Crippen LogP contribution in [0.5, 0.6) is 0 Å². The molecule has 18 heavy (non-hydrogen) atoms. The van der Waals surface area contributed by atoms with Gasteiger partial charge in [0, 0.05) is 12.6 Å². The van der Waals surface area contributed by atoms with Gasteiger partial charge >= 0.3 is 5.97 Å². The monoisotopic (exact) mass is 268 g/mol. The van der Waals surface area contributed by atoms with Gasteiger partial charge in [0.15, 0.2) is 0 Å². The summed E-state index contributed by atoms with van der Waals surface area (Å²) in [4.78, 5) is 22.8. The lowest BCUT2D eigenvalue weighted by molar-refractivity contribution is -0.141. The first-order valence-corrected chi connectivity index (χ1v) is 6.46. The van der Waals surface area contributed by atoms with Gasteiger partial charge < -0.3 is 4.74 Å². The molecule has 1 amide bonds. The number of hydrazone groups is 1. The largest absolute Gasteiger partial charge is 0.466 e. The summed E-state index contributed by atoms with van der Waals surface area (Å²) in [6.45, 7) is 5.21. The van der Waals surface area contributed by atoms with Crippen molar-refractivity contribution < 1.29 is 14.3 Å². The van der Waals surface area contributed by atoms with Crippen LogP contribution in [-0.4, -0.2) is 24.2 Å². The highest BCUT2D eigenvalue weighted by Gasteiger charge is 2.13. The van der Waals surface area contributed by atoms with Gasteiger partial charge in [0.05, 0.1) is 13.0 Å². The molecule has 0 aliphatic heterocycles. The average molecular weight is 268 g/mol. The van der Waals surface area contributed by atoms with Crippen LogP contribution in [-0.2, 0) is 14.3 Å². The Morgan fingerprint density at radius 1 is 1.44 bits per heavy atom. The van der Waals surface area contributed by atoms with Crippen molar-refractivity contribution >= 4 is 33.9 Å². The van der Waals surface area contributed by atoms with E-state index in [4.69, 9.17) is 4.74 Å². The molecule has 0 spiro atoms. The molecule has 0 aromatic carbocycles. The van der Waals surface area contributed by atoms with E-state index in [0.717, 1.165) is 5.00 Å². The molecular formula is C12H16N2O3S. The molecular weight excluding hydrogens is 252 g/mol. The Morgan fingerprint density at radius 3 is 2.67 bits per heavy atom. The van der Waals surface area contributed by atoms with Gasteiger partial charge in [-0.1, -0.05) is 0 Å². The quantitative estimate of drug-likeness (QED) is 0.468. The Morgan fingerprint density at radius 2 is 2.17 bits per heavy atom. The minimum absolute atomic E-state index is 0.0863. The predicted octanol–water partition coefficient (Wildman–Crippen LogP) is 2.43. The number of nitrogens with zero attached hydrogens (tertiary/aromatic N) is 2. The van der Waals surface area contributed by atoms with Gasteiger partial charge in [0.1, 0.15) is 5.00 Å². The normalized spacial score (nSPS) is 11.2. The minimum Gasteiger partial charge on any atom is -0.466 e. The molecule has 0 saturated heterocycles. The third-order valence-corrected chi connectivity index (χ3v) is 2.83. The SMILES string of the molecule is CCOC(=O)C/C(C)=N/N(C(C)=O)c1cccs1. The number of carbonyl (C=O) groups excluding carboxylic acids is 2. The molecule has 0 bridgehead atoms. The highest BCUT2D eigenvalue weighted by Crippen LogP contribution is 2.21. The van der Waals surface area contributed by atoms with E-state index in [2.05, 4.69) is 5.10 Å². The lowest BCUT2D eigenvalue weighted by atomic mass is 10.3. The lowest BCUT2D eigenvalue weighted by Gasteiger charge is -2.13. The van der Waals surface area contributed by atoms with Crippen molar-refractivity contribution in [1.29, 1.82) is 0 Å². The van der Waals surface area contributed by atoms with Crippen molar-refractivity contribution in [3.05, 3.63) is 17.5 Å². The molecule has 1 heterocycles. The van der Waals surface area contributed by atoms with E-state index >= 15 is 0 Å². The van der Waals surface area contributed by atoms with Crippen LogP contribution in [0.1, 0.15) is 27.2 Å². The topological polar surface area (TPSA) is 59.0 Å². The Labute approximate surface area is 110 Å². The fourth-order valence-corrected chi connectivity index (χ4v) is 2.02. The maximum Gasteiger partial charge on any atom is 0.311 e. The molecule has 0 N–H and O–H groups in total. The van der Waals surface area contributed by atoms with Crippen molar-refractivity contribution in [2.45, 2.75) is 27.2 Å². The van der Waals surface area contributed by atoms with E-state index in [0.29, 0.717) is 12.3 Å². The fourth-order valence-electron chi connectivity index (χ4n) is 1.29. The average Bonchev–Trinajstić information content (AvgIpc) is 2.78. The van der Waals surface area contributed by atoms with Gasteiger partial charge in [-0.3, -0.25) is 9.59 Å². The third-order valence-electron chi connectivity index (χ3n) is 1.99. The second-order valence-corrected chi connectivity index (χ2v) is 4.53. The zero-order valence-electron chi connectivity index (χ0n) is 10.7. The molecule has 1 rings (SSSR count). The van der Waals surface area contributed by atoms with E-state index in [9.17, 15) is 9.59 Å². The summed E-state index contributed by atoms with van der Waals surface area (Å²) in [6.07, 6.45) is 0.0863. The molecule has 6 heteroatoms. The van der Waals surface area contributed by atoms with Crippen LogP contribution in [0, 0.1) is 0 Å². The fraction of sp³-hybridized carbons (Fsp3) is 0.417. The first-order valence-electron chi connectivity index (χ1n) is 5.58. The number of thiophene rings is 1. The predicted molar refractivity (Wildman–Crippen MR) is 71.8 cm³/mol. The zero-order chi connectivity index (χ0) is 13.5. The van der Waals surface area contributed by atoms with Crippen LogP contribution in [0.2, 0.25) is 0 Å². The van der Waals surface area contributed by atoms with E-state index in [1.54, 1.807) is 19.9 Å². The van der Waals surface area contributed by atoms with Crippen molar-refractivity contribution in [3.8, 4) is 0 Å². The lowest BCUT2D eigenvalue weighted by Crippen LogP contribution is -2.23. The number of hydrogen-bond donors (Lipinski definition) is 0. The van der Waals surface area contributed by atoms with Gasteiger partial charge in [-0.2, -0.15) is 10.1 Å². The summed E-state index contributed by atoms with van der Waals surface area (Å²) in [5, 5.41) is 8.03. The number of ether oxygens (including phenoxy) is 1. The Bertz CT molecular complexity index is 440. The molecule has 0 aliphatic rings. The third kappa shape index (κ3) is 4.29. The molecule has 0 unspecified atom stereocenters. The molecule has 5 nitrogen and oxygen atoms in total. The van der Waals surface area contributed by atoms with Crippen LogP contribution < -0.4 is 5.01 Å². The summed E-state index contributed by atoms with van der Waals surface area (Å²) >= 11 is 1.41. The van der Waals surface area contributed by atoms with Gasteiger partial charge in [0.25, 0.3) is 0 Å². The number of anilines is 1. The summed E-state index contributed by atoms with van der Waals surface area (Å²) in [7, 11) is 0. The molecule has 0 saturated carbocycles. The van der Waals surface area contributed by atoms with Crippen molar-refractivity contribution in [3.63, 3.8) is 0 Å². The van der Waals surface area contributed by atoms with Gasteiger partial charge in [-0.15, -0.1) is 11.3 Å². The summed E-state index contributed by atoms with van der Waals surface area (Å²) in [5.74, 6) is -0.533. The van der Waals surface area contributed by atoms with Crippen LogP contribution in [0.4, 0.5) is 5.00 Å². The molecule has 0 radical (unpaired) electrons. The van der Waals surface area contributed by atoms with Gasteiger partial charge in [-0.05, 0) is 31.4 Å². The Kier molecular flexibility index (Phi) is 5.51. The highest BCUT2D eigenvalue weighted by molar-refractivity contribution is 7.14. The van der Waals surface area contributed by atoms with E-state index < -0.39 is 0 Å². The van der Waals surface area contributed by atoms with Crippen molar-refractivity contribution in [1.82, 2.24) is 0 Å². The van der Waals surface area contributed by atoms with Crippen LogP contribution in [0.15, 0.2) is 22.6 Å². The van der Waals surface area contributed by atoms with Gasteiger partial charge in [0.2, 0.25) is 5.91 Å². The number of rotatable bonds is 5. The molecule has 0 fully saturated rings.